The minimum atomic E-state index is -1.00. The normalized spacial score (nSPS) is 13.5. The predicted molar refractivity (Wildman–Crippen MR) is 93.9 cm³/mol. The maximum atomic E-state index is 12.6. The van der Waals surface area contributed by atoms with Crippen molar-refractivity contribution in [2.24, 2.45) is 0 Å². The average Bonchev–Trinajstić information content (AvgIpc) is 2.62. The van der Waals surface area contributed by atoms with Crippen LogP contribution >= 0.6 is 0 Å². The highest BCUT2D eigenvalue weighted by Crippen LogP contribution is 2.22. The Bertz CT molecular complexity index is 552. The van der Waals surface area contributed by atoms with Gasteiger partial charge in [-0.3, -0.25) is 4.79 Å². The monoisotopic (exact) mass is 352 g/mol. The fraction of sp³-hybridized carbons (Fsp3) is 0.579. The quantitative estimate of drug-likeness (QED) is 0.374. The lowest BCUT2D eigenvalue weighted by atomic mass is 9.91. The van der Waals surface area contributed by atoms with Crippen LogP contribution in [0.5, 0.6) is 0 Å². The zero-order valence-corrected chi connectivity index (χ0v) is 15.4. The largest absolute Gasteiger partial charge is 0.460 e. The van der Waals surface area contributed by atoms with Crippen LogP contribution < -0.4 is 0 Å². The van der Waals surface area contributed by atoms with E-state index in [0.717, 1.165) is 0 Å². The fourth-order valence-electron chi connectivity index (χ4n) is 2.16. The van der Waals surface area contributed by atoms with E-state index in [-0.39, 0.29) is 31.7 Å². The number of rotatable bonds is 11. The molecule has 1 rings (SSSR count). The number of aliphatic hydroxyl groups is 1. The molecule has 25 heavy (non-hydrogen) atoms. The van der Waals surface area contributed by atoms with Gasteiger partial charge < -0.3 is 19.3 Å². The van der Waals surface area contributed by atoms with Gasteiger partial charge in [0.05, 0.1) is 31.5 Å². The molecule has 0 heterocycles. The second-order valence-corrected chi connectivity index (χ2v) is 6.12. The van der Waals surface area contributed by atoms with E-state index in [1.54, 1.807) is 31.2 Å². The number of ketones is 1. The molecule has 1 atom stereocenters. The number of hydrogen-bond acceptors (Lipinski definition) is 6. The van der Waals surface area contributed by atoms with Gasteiger partial charge in [-0.05, 0) is 39.3 Å². The number of Topliss-reactive ketones (excluding diaryl/α,β-unsaturated/α-hetero) is 1. The van der Waals surface area contributed by atoms with E-state index in [0.29, 0.717) is 24.2 Å². The molecule has 0 aliphatic carbocycles. The molecule has 0 aromatic heterocycles. The third kappa shape index (κ3) is 6.57. The highest BCUT2D eigenvalue weighted by molar-refractivity contribution is 6.03. The van der Waals surface area contributed by atoms with Crippen LogP contribution in [-0.4, -0.2) is 55.0 Å². The molecule has 0 amide bonds. The first-order valence-corrected chi connectivity index (χ1v) is 8.52. The van der Waals surface area contributed by atoms with Crippen molar-refractivity contribution in [1.82, 2.24) is 0 Å². The minimum Gasteiger partial charge on any atom is -0.460 e. The highest BCUT2D eigenvalue weighted by atomic mass is 16.6. The molecule has 0 fully saturated rings. The Hall–Kier alpha value is -1.76. The Kier molecular flexibility index (Phi) is 8.75. The first-order valence-electron chi connectivity index (χ1n) is 8.52. The first-order chi connectivity index (χ1) is 11.8. The highest BCUT2D eigenvalue weighted by Gasteiger charge is 2.33. The molecule has 0 aliphatic heterocycles. The van der Waals surface area contributed by atoms with Crippen molar-refractivity contribution in [2.75, 3.05) is 26.4 Å². The van der Waals surface area contributed by atoms with E-state index < -0.39 is 11.6 Å². The molecule has 140 valence electrons. The van der Waals surface area contributed by atoms with Crippen LogP contribution in [0.4, 0.5) is 0 Å². The molecular weight excluding hydrogens is 324 g/mol. The lowest BCUT2D eigenvalue weighted by molar-refractivity contribution is -0.0294. The Balaban J connectivity index is 2.68. The van der Waals surface area contributed by atoms with Crippen LogP contribution in [0.1, 0.15) is 54.8 Å². The summed E-state index contributed by atoms with van der Waals surface area (Å²) in [4.78, 5) is 24.6. The van der Waals surface area contributed by atoms with Gasteiger partial charge in [-0.15, -0.1) is 0 Å². The molecule has 1 N–H and O–H groups in total. The van der Waals surface area contributed by atoms with Crippen molar-refractivity contribution in [2.45, 2.75) is 45.8 Å². The van der Waals surface area contributed by atoms with Gasteiger partial charge in [0.15, 0.2) is 5.78 Å². The lowest BCUT2D eigenvalue weighted by Crippen LogP contribution is -2.38. The molecule has 6 heteroatoms. The van der Waals surface area contributed by atoms with Crippen molar-refractivity contribution in [1.29, 1.82) is 0 Å². The van der Waals surface area contributed by atoms with Crippen LogP contribution in [0.3, 0.4) is 0 Å². The number of aliphatic hydroxyl groups excluding tert-OH is 1. The zero-order valence-electron chi connectivity index (χ0n) is 15.4. The Morgan fingerprint density at radius 2 is 1.68 bits per heavy atom. The summed E-state index contributed by atoms with van der Waals surface area (Å²) in [6.45, 7) is 7.84. The summed E-state index contributed by atoms with van der Waals surface area (Å²) in [7, 11) is 0. The SMILES string of the molecule is CCC(C)(OCCO)C(=O)c1ccc(C(=O)OCCOC(C)C)cc1. The Morgan fingerprint density at radius 3 is 2.20 bits per heavy atom. The second-order valence-electron chi connectivity index (χ2n) is 6.12. The predicted octanol–water partition coefficient (Wildman–Crippen LogP) is 2.63. The molecule has 0 bridgehead atoms. The molecule has 1 aromatic carbocycles. The summed E-state index contributed by atoms with van der Waals surface area (Å²) in [5.41, 5.74) is -0.184. The van der Waals surface area contributed by atoms with Crippen LogP contribution in [-0.2, 0) is 14.2 Å². The third-order valence-electron chi connectivity index (χ3n) is 3.82. The van der Waals surface area contributed by atoms with Gasteiger partial charge in [-0.2, -0.15) is 0 Å². The molecule has 1 unspecified atom stereocenters. The molecule has 0 spiro atoms. The lowest BCUT2D eigenvalue weighted by Gasteiger charge is -2.27. The molecule has 0 aliphatic rings. The molecule has 0 saturated heterocycles. The topological polar surface area (TPSA) is 82.1 Å². The fourth-order valence-corrected chi connectivity index (χ4v) is 2.16. The number of benzene rings is 1. The number of carbonyl (C=O) groups excluding carboxylic acids is 2. The van der Waals surface area contributed by atoms with E-state index >= 15 is 0 Å². The molecule has 1 aromatic rings. The van der Waals surface area contributed by atoms with Crippen LogP contribution in [0.25, 0.3) is 0 Å². The average molecular weight is 352 g/mol. The Labute approximate surface area is 149 Å². The van der Waals surface area contributed by atoms with Crippen molar-refractivity contribution in [3.8, 4) is 0 Å². The van der Waals surface area contributed by atoms with Crippen LogP contribution in [0.2, 0.25) is 0 Å². The minimum absolute atomic E-state index is 0.0879. The number of ether oxygens (including phenoxy) is 3. The van der Waals surface area contributed by atoms with E-state index in [2.05, 4.69) is 0 Å². The van der Waals surface area contributed by atoms with Gasteiger partial charge in [0.25, 0.3) is 0 Å². The van der Waals surface area contributed by atoms with E-state index in [1.165, 1.54) is 0 Å². The summed E-state index contributed by atoms with van der Waals surface area (Å²) in [6.07, 6.45) is 0.566. The molecule has 0 radical (unpaired) electrons. The summed E-state index contributed by atoms with van der Waals surface area (Å²) in [5.74, 6) is -0.644. The van der Waals surface area contributed by atoms with Crippen molar-refractivity contribution in [3.63, 3.8) is 0 Å². The summed E-state index contributed by atoms with van der Waals surface area (Å²) >= 11 is 0. The zero-order chi connectivity index (χ0) is 18.9. The summed E-state index contributed by atoms with van der Waals surface area (Å²) in [6, 6.07) is 6.28. The van der Waals surface area contributed by atoms with Gasteiger partial charge in [0, 0.05) is 5.56 Å². The van der Waals surface area contributed by atoms with Crippen molar-refractivity contribution >= 4 is 11.8 Å². The van der Waals surface area contributed by atoms with Crippen molar-refractivity contribution in [3.05, 3.63) is 35.4 Å². The molecular formula is C19H28O6. The van der Waals surface area contributed by atoms with E-state index in [4.69, 9.17) is 19.3 Å². The number of carbonyl (C=O) groups is 2. The number of esters is 1. The summed E-state index contributed by atoms with van der Waals surface area (Å²) in [5, 5.41) is 8.90. The van der Waals surface area contributed by atoms with Gasteiger partial charge in [0.2, 0.25) is 0 Å². The van der Waals surface area contributed by atoms with Gasteiger partial charge >= 0.3 is 5.97 Å². The van der Waals surface area contributed by atoms with E-state index in [9.17, 15) is 9.59 Å². The maximum Gasteiger partial charge on any atom is 0.338 e. The standard InChI is InChI=1S/C19H28O6/c1-5-19(4,25-11-10-20)17(21)15-6-8-16(9-7-15)18(22)24-13-12-23-14(2)3/h6-9,14,20H,5,10-13H2,1-4H3. The van der Waals surface area contributed by atoms with Crippen LogP contribution in [0.15, 0.2) is 24.3 Å². The Morgan fingerprint density at radius 1 is 1.08 bits per heavy atom. The maximum absolute atomic E-state index is 12.6. The smallest absolute Gasteiger partial charge is 0.338 e. The van der Waals surface area contributed by atoms with Gasteiger partial charge in [-0.1, -0.05) is 19.1 Å². The van der Waals surface area contributed by atoms with Gasteiger partial charge in [-0.25, -0.2) is 4.79 Å². The number of hydrogen-bond donors (Lipinski definition) is 1. The second kappa shape index (κ2) is 10.3. The third-order valence-corrected chi connectivity index (χ3v) is 3.82. The van der Waals surface area contributed by atoms with Crippen molar-refractivity contribution < 1.29 is 28.9 Å². The van der Waals surface area contributed by atoms with E-state index in [1.807, 2.05) is 20.8 Å². The molecule has 0 saturated carbocycles. The summed E-state index contributed by atoms with van der Waals surface area (Å²) < 4.78 is 15.9. The first kappa shape index (κ1) is 21.3. The molecule has 6 nitrogen and oxygen atoms in total. The van der Waals surface area contributed by atoms with Crippen LogP contribution in [0, 0.1) is 0 Å². The van der Waals surface area contributed by atoms with Gasteiger partial charge in [0.1, 0.15) is 12.2 Å².